The monoisotopic (exact) mass is 195 g/mol. The lowest BCUT2D eigenvalue weighted by atomic mass is 10.3. The van der Waals surface area contributed by atoms with Gasteiger partial charge in [0.15, 0.2) is 0 Å². The topological polar surface area (TPSA) is 91.2 Å². The largest absolute Gasteiger partial charge is 0.491 e. The first kappa shape index (κ1) is 10.5. The van der Waals surface area contributed by atoms with Crippen molar-refractivity contribution in [2.45, 2.75) is 13.0 Å². The van der Waals surface area contributed by atoms with Crippen molar-refractivity contribution in [3.63, 3.8) is 0 Å². The number of ether oxygens (including phenoxy) is 1. The molecule has 0 saturated heterocycles. The van der Waals surface area contributed by atoms with Crippen LogP contribution in [0.15, 0.2) is 18.3 Å². The number of carbonyl (C=O) groups excluding carboxylic acids is 1. The van der Waals surface area contributed by atoms with Gasteiger partial charge in [0.05, 0.1) is 24.9 Å². The van der Waals surface area contributed by atoms with Crippen LogP contribution in [0.1, 0.15) is 12.1 Å². The molecule has 0 atom stereocenters. The van der Waals surface area contributed by atoms with Crippen LogP contribution in [-0.4, -0.2) is 17.5 Å². The van der Waals surface area contributed by atoms with Crippen LogP contribution < -0.4 is 16.2 Å². The molecule has 0 fully saturated rings. The number of hydrogen-bond acceptors (Lipinski definition) is 4. The molecule has 4 N–H and O–H groups in total. The maximum absolute atomic E-state index is 10.4. The molecule has 1 amide bonds. The van der Waals surface area contributed by atoms with Crippen LogP contribution in [0.25, 0.3) is 0 Å². The third kappa shape index (κ3) is 3.40. The van der Waals surface area contributed by atoms with Gasteiger partial charge in [-0.3, -0.25) is 9.78 Å². The van der Waals surface area contributed by atoms with Crippen LogP contribution in [0.3, 0.4) is 0 Å². The molecule has 0 unspecified atom stereocenters. The molecular weight excluding hydrogens is 182 g/mol. The zero-order chi connectivity index (χ0) is 10.4. The van der Waals surface area contributed by atoms with Crippen molar-refractivity contribution in [2.75, 3.05) is 6.61 Å². The molecule has 14 heavy (non-hydrogen) atoms. The minimum atomic E-state index is -0.378. The number of aromatic nitrogens is 1. The number of nitrogens with zero attached hydrogens (tertiary/aromatic N) is 1. The van der Waals surface area contributed by atoms with Crippen LogP contribution in [0.2, 0.25) is 0 Å². The molecule has 0 aliphatic heterocycles. The van der Waals surface area contributed by atoms with Crippen molar-refractivity contribution in [3.05, 3.63) is 24.0 Å². The van der Waals surface area contributed by atoms with Gasteiger partial charge < -0.3 is 16.2 Å². The highest BCUT2D eigenvalue weighted by molar-refractivity contribution is 5.73. The first-order valence-electron chi connectivity index (χ1n) is 4.28. The fourth-order valence-corrected chi connectivity index (χ4v) is 0.887. The van der Waals surface area contributed by atoms with E-state index in [0.29, 0.717) is 12.3 Å². The number of primary amides is 1. The van der Waals surface area contributed by atoms with Crippen molar-refractivity contribution in [1.82, 2.24) is 4.98 Å². The van der Waals surface area contributed by atoms with Crippen molar-refractivity contribution in [3.8, 4) is 5.75 Å². The van der Waals surface area contributed by atoms with Gasteiger partial charge in [-0.15, -0.1) is 0 Å². The Balaban J connectivity index is 2.40. The van der Waals surface area contributed by atoms with Crippen LogP contribution in [0.5, 0.6) is 5.75 Å². The summed E-state index contributed by atoms with van der Waals surface area (Å²) in [6.45, 7) is 0.681. The van der Waals surface area contributed by atoms with E-state index in [4.69, 9.17) is 16.2 Å². The molecule has 0 aliphatic carbocycles. The molecule has 0 spiro atoms. The third-order valence-corrected chi connectivity index (χ3v) is 1.62. The lowest BCUT2D eigenvalue weighted by Gasteiger charge is -2.04. The average molecular weight is 195 g/mol. The SMILES string of the molecule is NCc1ccc(OCCC(N)=O)cn1. The summed E-state index contributed by atoms with van der Waals surface area (Å²) in [6.07, 6.45) is 1.78. The Hall–Kier alpha value is -1.62. The summed E-state index contributed by atoms with van der Waals surface area (Å²) in [5.74, 6) is 0.236. The smallest absolute Gasteiger partial charge is 0.220 e. The number of hydrogen-bond donors (Lipinski definition) is 2. The maximum atomic E-state index is 10.4. The zero-order valence-electron chi connectivity index (χ0n) is 7.77. The van der Waals surface area contributed by atoms with Crippen LogP contribution in [-0.2, 0) is 11.3 Å². The second-order valence-electron chi connectivity index (χ2n) is 2.75. The van der Waals surface area contributed by atoms with E-state index in [1.165, 1.54) is 0 Å². The maximum Gasteiger partial charge on any atom is 0.220 e. The standard InChI is InChI=1S/C9H13N3O2/c10-5-7-1-2-8(6-12-7)14-4-3-9(11)13/h1-2,6H,3-5,10H2,(H2,11,13). The van der Waals surface area contributed by atoms with E-state index < -0.39 is 0 Å². The molecule has 0 aliphatic rings. The number of rotatable bonds is 5. The second-order valence-corrected chi connectivity index (χ2v) is 2.75. The zero-order valence-corrected chi connectivity index (χ0v) is 7.77. The molecule has 1 aromatic rings. The molecule has 5 nitrogen and oxygen atoms in total. The van der Waals surface area contributed by atoms with E-state index in [1.807, 2.05) is 0 Å². The average Bonchev–Trinajstić information content (AvgIpc) is 2.18. The van der Waals surface area contributed by atoms with Gasteiger partial charge >= 0.3 is 0 Å². The number of carbonyl (C=O) groups is 1. The predicted octanol–water partition coefficient (Wildman–Crippen LogP) is -0.205. The van der Waals surface area contributed by atoms with Crippen molar-refractivity contribution >= 4 is 5.91 Å². The summed E-state index contributed by atoms with van der Waals surface area (Å²) in [7, 11) is 0. The van der Waals surface area contributed by atoms with Crippen LogP contribution in [0, 0.1) is 0 Å². The Bertz CT molecular complexity index is 297. The first-order chi connectivity index (χ1) is 6.72. The molecule has 0 radical (unpaired) electrons. The van der Waals surface area contributed by atoms with Gasteiger partial charge in [-0.2, -0.15) is 0 Å². The second kappa shape index (κ2) is 5.18. The Labute approximate surface area is 82.1 Å². The Morgan fingerprint density at radius 3 is 2.79 bits per heavy atom. The number of nitrogens with two attached hydrogens (primary N) is 2. The summed E-state index contributed by atoms with van der Waals surface area (Å²) >= 11 is 0. The van der Waals surface area contributed by atoms with E-state index in [-0.39, 0.29) is 18.9 Å². The first-order valence-corrected chi connectivity index (χ1v) is 4.28. The fourth-order valence-electron chi connectivity index (χ4n) is 0.887. The molecule has 1 aromatic heterocycles. The number of amides is 1. The molecule has 5 heteroatoms. The third-order valence-electron chi connectivity index (χ3n) is 1.62. The quantitative estimate of drug-likeness (QED) is 0.680. The predicted molar refractivity (Wildman–Crippen MR) is 51.4 cm³/mol. The Kier molecular flexibility index (Phi) is 3.87. The van der Waals surface area contributed by atoms with E-state index >= 15 is 0 Å². The summed E-state index contributed by atoms with van der Waals surface area (Å²) in [5.41, 5.74) is 11.1. The van der Waals surface area contributed by atoms with E-state index in [2.05, 4.69) is 4.98 Å². The normalized spacial score (nSPS) is 9.79. The molecule has 0 aromatic carbocycles. The molecule has 0 bridgehead atoms. The van der Waals surface area contributed by atoms with Gasteiger partial charge in [0, 0.05) is 6.54 Å². The number of pyridine rings is 1. The van der Waals surface area contributed by atoms with E-state index in [0.717, 1.165) is 5.69 Å². The summed E-state index contributed by atoms with van der Waals surface area (Å²) in [5, 5.41) is 0. The lowest BCUT2D eigenvalue weighted by molar-refractivity contribution is -0.118. The highest BCUT2D eigenvalue weighted by Gasteiger charge is 1.97. The fraction of sp³-hybridized carbons (Fsp3) is 0.333. The minimum absolute atomic E-state index is 0.207. The van der Waals surface area contributed by atoms with Gasteiger partial charge in [0.1, 0.15) is 5.75 Å². The van der Waals surface area contributed by atoms with Gasteiger partial charge in [-0.05, 0) is 12.1 Å². The lowest BCUT2D eigenvalue weighted by Crippen LogP contribution is -2.14. The summed E-state index contributed by atoms with van der Waals surface area (Å²) < 4.78 is 5.21. The summed E-state index contributed by atoms with van der Waals surface area (Å²) in [6, 6.07) is 3.54. The van der Waals surface area contributed by atoms with E-state index in [1.54, 1.807) is 18.3 Å². The summed E-state index contributed by atoms with van der Waals surface area (Å²) in [4.78, 5) is 14.4. The molecule has 76 valence electrons. The van der Waals surface area contributed by atoms with Gasteiger partial charge in [-0.1, -0.05) is 0 Å². The van der Waals surface area contributed by atoms with Crippen LogP contribution in [0.4, 0.5) is 0 Å². The van der Waals surface area contributed by atoms with Crippen molar-refractivity contribution < 1.29 is 9.53 Å². The highest BCUT2D eigenvalue weighted by atomic mass is 16.5. The molecular formula is C9H13N3O2. The Morgan fingerprint density at radius 2 is 2.29 bits per heavy atom. The van der Waals surface area contributed by atoms with Crippen molar-refractivity contribution in [1.29, 1.82) is 0 Å². The molecule has 1 heterocycles. The van der Waals surface area contributed by atoms with E-state index in [9.17, 15) is 4.79 Å². The van der Waals surface area contributed by atoms with Gasteiger partial charge in [0.25, 0.3) is 0 Å². The van der Waals surface area contributed by atoms with Gasteiger partial charge in [-0.25, -0.2) is 0 Å². The van der Waals surface area contributed by atoms with Crippen LogP contribution >= 0.6 is 0 Å². The molecule has 0 saturated carbocycles. The van der Waals surface area contributed by atoms with Gasteiger partial charge in [0.2, 0.25) is 5.91 Å². The minimum Gasteiger partial charge on any atom is -0.491 e. The Morgan fingerprint density at radius 1 is 1.50 bits per heavy atom. The molecule has 1 rings (SSSR count). The highest BCUT2D eigenvalue weighted by Crippen LogP contribution is 2.08. The van der Waals surface area contributed by atoms with Crippen molar-refractivity contribution in [2.24, 2.45) is 11.5 Å².